The monoisotopic (exact) mass is 347 g/mol. The first-order valence-corrected chi connectivity index (χ1v) is 7.85. The highest BCUT2D eigenvalue weighted by molar-refractivity contribution is 9.10. The van der Waals surface area contributed by atoms with Crippen LogP contribution in [0.1, 0.15) is 29.2 Å². The minimum absolute atomic E-state index is 0.198. The smallest absolute Gasteiger partial charge is 0.161 e. The van der Waals surface area contributed by atoms with Crippen LogP contribution >= 0.6 is 15.9 Å². The fourth-order valence-electron chi connectivity index (χ4n) is 2.45. The van der Waals surface area contributed by atoms with Crippen molar-refractivity contribution in [3.63, 3.8) is 0 Å². The maximum Gasteiger partial charge on any atom is 0.161 e. The summed E-state index contributed by atoms with van der Waals surface area (Å²) in [7, 11) is 0. The lowest BCUT2D eigenvalue weighted by atomic mass is 9.98. The van der Waals surface area contributed by atoms with Crippen LogP contribution in [0.15, 0.2) is 40.9 Å². The van der Waals surface area contributed by atoms with Gasteiger partial charge in [0.1, 0.15) is 0 Å². The Morgan fingerprint density at radius 1 is 1.05 bits per heavy atom. The predicted molar refractivity (Wildman–Crippen MR) is 87.0 cm³/mol. The molecule has 0 saturated carbocycles. The van der Waals surface area contributed by atoms with Crippen LogP contribution in [-0.2, 0) is 0 Å². The second-order valence-electron chi connectivity index (χ2n) is 5.26. The van der Waals surface area contributed by atoms with Gasteiger partial charge < -0.3 is 15.2 Å². The van der Waals surface area contributed by atoms with Crippen LogP contribution in [0, 0.1) is 6.92 Å². The van der Waals surface area contributed by atoms with E-state index in [-0.39, 0.29) is 6.04 Å². The summed E-state index contributed by atoms with van der Waals surface area (Å²) in [5.41, 5.74) is 9.72. The number of hydrogen-bond acceptors (Lipinski definition) is 3. The molecule has 0 aromatic heterocycles. The minimum Gasteiger partial charge on any atom is -0.490 e. The SMILES string of the molecule is Cc1ccc(Br)c(C(N)c2ccc3c(c2)OCCCO3)c1. The van der Waals surface area contributed by atoms with Crippen LogP contribution < -0.4 is 15.2 Å². The molecule has 1 unspecified atom stereocenters. The van der Waals surface area contributed by atoms with Gasteiger partial charge in [-0.1, -0.05) is 39.7 Å². The quantitative estimate of drug-likeness (QED) is 0.893. The fourth-order valence-corrected chi connectivity index (χ4v) is 2.95. The van der Waals surface area contributed by atoms with Gasteiger partial charge >= 0.3 is 0 Å². The van der Waals surface area contributed by atoms with Gasteiger partial charge in [0.05, 0.1) is 19.3 Å². The zero-order valence-electron chi connectivity index (χ0n) is 11.9. The molecular formula is C17H18BrNO2. The molecular weight excluding hydrogens is 330 g/mol. The number of nitrogens with two attached hydrogens (primary N) is 1. The average Bonchev–Trinajstić information content (AvgIpc) is 2.73. The number of aryl methyl sites for hydroxylation is 1. The molecule has 2 aromatic carbocycles. The van der Waals surface area contributed by atoms with Gasteiger partial charge in [-0.05, 0) is 36.2 Å². The average molecular weight is 348 g/mol. The molecule has 0 bridgehead atoms. The summed E-state index contributed by atoms with van der Waals surface area (Å²) in [5, 5.41) is 0. The van der Waals surface area contributed by atoms with Gasteiger partial charge in [0, 0.05) is 10.9 Å². The number of halogens is 1. The van der Waals surface area contributed by atoms with E-state index in [1.807, 2.05) is 24.3 Å². The van der Waals surface area contributed by atoms with E-state index in [9.17, 15) is 0 Å². The molecule has 0 aliphatic carbocycles. The molecule has 0 saturated heterocycles. The van der Waals surface area contributed by atoms with Crippen LogP contribution in [0.2, 0.25) is 0 Å². The number of rotatable bonds is 2. The van der Waals surface area contributed by atoms with Gasteiger partial charge in [-0.2, -0.15) is 0 Å². The predicted octanol–water partition coefficient (Wildman–Crippen LogP) is 3.97. The number of ether oxygens (including phenoxy) is 2. The number of hydrogen-bond donors (Lipinski definition) is 1. The Hall–Kier alpha value is -1.52. The Morgan fingerprint density at radius 2 is 1.81 bits per heavy atom. The lowest BCUT2D eigenvalue weighted by molar-refractivity contribution is 0.297. The summed E-state index contributed by atoms with van der Waals surface area (Å²) in [4.78, 5) is 0. The van der Waals surface area contributed by atoms with Crippen molar-refractivity contribution in [3.8, 4) is 11.5 Å². The van der Waals surface area contributed by atoms with Crippen molar-refractivity contribution in [2.45, 2.75) is 19.4 Å². The standard InChI is InChI=1S/C17H18BrNO2/c1-11-3-5-14(18)13(9-11)17(19)12-4-6-15-16(10-12)21-8-2-7-20-15/h3-6,9-10,17H,2,7-8,19H2,1H3. The van der Waals surface area contributed by atoms with E-state index < -0.39 is 0 Å². The van der Waals surface area contributed by atoms with Crippen LogP contribution in [-0.4, -0.2) is 13.2 Å². The van der Waals surface area contributed by atoms with Crippen LogP contribution in [0.3, 0.4) is 0 Å². The van der Waals surface area contributed by atoms with Crippen molar-refractivity contribution in [1.29, 1.82) is 0 Å². The van der Waals surface area contributed by atoms with Crippen molar-refractivity contribution >= 4 is 15.9 Å². The molecule has 1 aliphatic rings. The topological polar surface area (TPSA) is 44.5 Å². The molecule has 4 heteroatoms. The third kappa shape index (κ3) is 3.06. The van der Waals surface area contributed by atoms with E-state index in [0.29, 0.717) is 13.2 Å². The molecule has 3 nitrogen and oxygen atoms in total. The summed E-state index contributed by atoms with van der Waals surface area (Å²) in [6.45, 7) is 3.44. The molecule has 0 fully saturated rings. The first-order chi connectivity index (χ1) is 10.1. The second-order valence-corrected chi connectivity index (χ2v) is 6.11. The van der Waals surface area contributed by atoms with Crippen LogP contribution in [0.5, 0.6) is 11.5 Å². The highest BCUT2D eigenvalue weighted by Crippen LogP contribution is 2.35. The molecule has 0 spiro atoms. The Bertz CT molecular complexity index is 657. The molecule has 2 N–H and O–H groups in total. The summed E-state index contributed by atoms with van der Waals surface area (Å²) >= 11 is 3.58. The van der Waals surface area contributed by atoms with Gasteiger partial charge in [0.15, 0.2) is 11.5 Å². The normalized spacial score (nSPS) is 15.4. The molecule has 1 atom stereocenters. The van der Waals surface area contributed by atoms with E-state index in [0.717, 1.165) is 33.5 Å². The van der Waals surface area contributed by atoms with Crippen molar-refractivity contribution in [2.24, 2.45) is 5.73 Å². The second kappa shape index (κ2) is 6.08. The highest BCUT2D eigenvalue weighted by Gasteiger charge is 2.16. The van der Waals surface area contributed by atoms with E-state index in [2.05, 4.69) is 35.0 Å². The summed E-state index contributed by atoms with van der Waals surface area (Å²) in [6.07, 6.45) is 0.902. The summed E-state index contributed by atoms with van der Waals surface area (Å²) in [6, 6.07) is 11.9. The van der Waals surface area contributed by atoms with Crippen molar-refractivity contribution in [3.05, 3.63) is 57.6 Å². The summed E-state index contributed by atoms with van der Waals surface area (Å²) < 4.78 is 12.4. The van der Waals surface area contributed by atoms with Gasteiger partial charge in [-0.3, -0.25) is 0 Å². The molecule has 110 valence electrons. The Balaban J connectivity index is 1.96. The van der Waals surface area contributed by atoms with Crippen LogP contribution in [0.25, 0.3) is 0 Å². The summed E-state index contributed by atoms with van der Waals surface area (Å²) in [5.74, 6) is 1.58. The molecule has 3 rings (SSSR count). The Labute approximate surface area is 133 Å². The minimum atomic E-state index is -0.198. The Morgan fingerprint density at radius 3 is 2.62 bits per heavy atom. The number of benzene rings is 2. The first-order valence-electron chi connectivity index (χ1n) is 7.06. The largest absolute Gasteiger partial charge is 0.490 e. The highest BCUT2D eigenvalue weighted by atomic mass is 79.9. The molecule has 0 radical (unpaired) electrons. The van der Waals surface area contributed by atoms with Gasteiger partial charge in [0.2, 0.25) is 0 Å². The lowest BCUT2D eigenvalue weighted by Gasteiger charge is -2.17. The molecule has 1 aliphatic heterocycles. The van der Waals surface area contributed by atoms with Crippen molar-refractivity contribution in [1.82, 2.24) is 0 Å². The first kappa shape index (κ1) is 14.4. The Kier molecular flexibility index (Phi) is 4.17. The van der Waals surface area contributed by atoms with E-state index in [1.165, 1.54) is 5.56 Å². The van der Waals surface area contributed by atoms with Crippen molar-refractivity contribution in [2.75, 3.05) is 13.2 Å². The fraction of sp³-hybridized carbons (Fsp3) is 0.294. The lowest BCUT2D eigenvalue weighted by Crippen LogP contribution is -2.13. The maximum atomic E-state index is 6.43. The molecule has 21 heavy (non-hydrogen) atoms. The molecule has 1 heterocycles. The molecule has 2 aromatic rings. The van der Waals surface area contributed by atoms with Crippen molar-refractivity contribution < 1.29 is 9.47 Å². The van der Waals surface area contributed by atoms with E-state index in [4.69, 9.17) is 15.2 Å². The maximum absolute atomic E-state index is 6.43. The van der Waals surface area contributed by atoms with Gasteiger partial charge in [0.25, 0.3) is 0 Å². The number of fused-ring (bicyclic) bond motifs is 1. The van der Waals surface area contributed by atoms with Crippen LogP contribution in [0.4, 0.5) is 0 Å². The van der Waals surface area contributed by atoms with Gasteiger partial charge in [-0.25, -0.2) is 0 Å². The zero-order chi connectivity index (χ0) is 14.8. The van der Waals surface area contributed by atoms with E-state index in [1.54, 1.807) is 0 Å². The third-order valence-corrected chi connectivity index (χ3v) is 4.34. The van der Waals surface area contributed by atoms with Gasteiger partial charge in [-0.15, -0.1) is 0 Å². The zero-order valence-corrected chi connectivity index (χ0v) is 13.5. The van der Waals surface area contributed by atoms with E-state index >= 15 is 0 Å². The molecule has 0 amide bonds. The third-order valence-electron chi connectivity index (χ3n) is 3.62.